The standard InChI is InChI=1S/C13H14N2O4/c16-15(17)12-9-14-6-3-11(12)10-1-4-13(5-2-10)18-7-8-19-13/h1,3,6,9H,2,4-5,7-8H2. The Balaban J connectivity index is 1.88. The summed E-state index contributed by atoms with van der Waals surface area (Å²) in [6.07, 6.45) is 6.95. The molecule has 2 heterocycles. The van der Waals surface area contributed by atoms with Crippen molar-refractivity contribution in [3.8, 4) is 0 Å². The molecule has 1 aliphatic heterocycles. The second-order valence-electron chi connectivity index (χ2n) is 4.69. The molecule has 1 aromatic rings. The zero-order chi connectivity index (χ0) is 13.3. The van der Waals surface area contributed by atoms with Crippen molar-refractivity contribution in [2.45, 2.75) is 25.0 Å². The van der Waals surface area contributed by atoms with Crippen molar-refractivity contribution in [3.05, 3.63) is 40.2 Å². The van der Waals surface area contributed by atoms with Crippen LogP contribution in [-0.2, 0) is 9.47 Å². The maximum absolute atomic E-state index is 11.0. The molecule has 1 fully saturated rings. The van der Waals surface area contributed by atoms with Crippen LogP contribution in [0.4, 0.5) is 5.69 Å². The van der Waals surface area contributed by atoms with Crippen molar-refractivity contribution >= 4 is 11.3 Å². The van der Waals surface area contributed by atoms with Crippen LogP contribution in [-0.4, -0.2) is 28.9 Å². The molecule has 1 aromatic heterocycles. The lowest BCUT2D eigenvalue weighted by Gasteiger charge is -2.30. The van der Waals surface area contributed by atoms with E-state index in [4.69, 9.17) is 9.47 Å². The first-order chi connectivity index (χ1) is 9.20. The first kappa shape index (κ1) is 12.3. The van der Waals surface area contributed by atoms with Crippen molar-refractivity contribution in [2.24, 2.45) is 0 Å². The van der Waals surface area contributed by atoms with Crippen LogP contribution in [0.2, 0.25) is 0 Å². The quantitative estimate of drug-likeness (QED) is 0.604. The van der Waals surface area contributed by atoms with Crippen LogP contribution in [0.3, 0.4) is 0 Å². The fraction of sp³-hybridized carbons (Fsp3) is 0.462. The van der Waals surface area contributed by atoms with Gasteiger partial charge in [-0.1, -0.05) is 6.08 Å². The van der Waals surface area contributed by atoms with E-state index in [-0.39, 0.29) is 5.69 Å². The largest absolute Gasteiger partial charge is 0.347 e. The molecule has 0 bridgehead atoms. The molecule has 1 spiro atoms. The Labute approximate surface area is 110 Å². The number of aromatic nitrogens is 1. The van der Waals surface area contributed by atoms with E-state index in [2.05, 4.69) is 4.98 Å². The van der Waals surface area contributed by atoms with Gasteiger partial charge >= 0.3 is 0 Å². The van der Waals surface area contributed by atoms with Crippen molar-refractivity contribution in [1.29, 1.82) is 0 Å². The van der Waals surface area contributed by atoms with Gasteiger partial charge in [0.25, 0.3) is 5.69 Å². The maximum Gasteiger partial charge on any atom is 0.294 e. The lowest BCUT2D eigenvalue weighted by Crippen LogP contribution is -2.31. The number of nitrogens with zero attached hydrogens (tertiary/aromatic N) is 2. The van der Waals surface area contributed by atoms with Gasteiger partial charge in [0.15, 0.2) is 5.79 Å². The van der Waals surface area contributed by atoms with Crippen LogP contribution >= 0.6 is 0 Å². The normalized spacial score (nSPS) is 21.4. The van der Waals surface area contributed by atoms with Crippen LogP contribution in [0.1, 0.15) is 24.8 Å². The Morgan fingerprint density at radius 3 is 2.79 bits per heavy atom. The van der Waals surface area contributed by atoms with Crippen LogP contribution in [0.25, 0.3) is 5.57 Å². The van der Waals surface area contributed by atoms with Crippen LogP contribution in [0, 0.1) is 10.1 Å². The summed E-state index contributed by atoms with van der Waals surface area (Å²) in [6.45, 7) is 1.25. The molecule has 6 nitrogen and oxygen atoms in total. The molecule has 2 aliphatic rings. The molecular weight excluding hydrogens is 248 g/mol. The molecule has 0 amide bonds. The number of allylic oxidation sites excluding steroid dienone is 1. The summed E-state index contributed by atoms with van der Waals surface area (Å²) in [5.74, 6) is -0.495. The van der Waals surface area contributed by atoms with Gasteiger partial charge in [0.1, 0.15) is 6.20 Å². The minimum Gasteiger partial charge on any atom is -0.347 e. The number of hydrogen-bond donors (Lipinski definition) is 0. The molecular formula is C13H14N2O4. The van der Waals surface area contributed by atoms with Gasteiger partial charge in [-0.25, -0.2) is 0 Å². The van der Waals surface area contributed by atoms with E-state index in [1.807, 2.05) is 6.08 Å². The molecule has 0 aromatic carbocycles. The minimum atomic E-state index is -0.495. The summed E-state index contributed by atoms with van der Waals surface area (Å²) in [5, 5.41) is 11.0. The van der Waals surface area contributed by atoms with Gasteiger partial charge < -0.3 is 9.47 Å². The summed E-state index contributed by atoms with van der Waals surface area (Å²) in [5.41, 5.74) is 1.67. The third-order valence-electron chi connectivity index (χ3n) is 3.59. The monoisotopic (exact) mass is 262 g/mol. The van der Waals surface area contributed by atoms with Gasteiger partial charge in [0.05, 0.1) is 23.7 Å². The highest BCUT2D eigenvalue weighted by Crippen LogP contribution is 2.39. The van der Waals surface area contributed by atoms with Crippen LogP contribution in [0.15, 0.2) is 24.5 Å². The summed E-state index contributed by atoms with van der Waals surface area (Å²) in [6, 6.07) is 1.69. The number of pyridine rings is 1. The lowest BCUT2D eigenvalue weighted by molar-refractivity contribution is -0.385. The van der Waals surface area contributed by atoms with Gasteiger partial charge in [-0.05, 0) is 18.1 Å². The van der Waals surface area contributed by atoms with Crippen molar-refractivity contribution in [2.75, 3.05) is 13.2 Å². The van der Waals surface area contributed by atoms with E-state index < -0.39 is 10.7 Å². The third-order valence-corrected chi connectivity index (χ3v) is 3.59. The zero-order valence-electron chi connectivity index (χ0n) is 10.4. The molecule has 100 valence electrons. The summed E-state index contributed by atoms with van der Waals surface area (Å²) in [4.78, 5) is 14.4. The van der Waals surface area contributed by atoms with Crippen molar-refractivity contribution in [1.82, 2.24) is 4.98 Å². The third kappa shape index (κ3) is 2.24. The van der Waals surface area contributed by atoms with E-state index in [1.165, 1.54) is 6.20 Å². The number of nitro groups is 1. The van der Waals surface area contributed by atoms with Gasteiger partial charge in [-0.2, -0.15) is 0 Å². The molecule has 0 N–H and O–H groups in total. The predicted octanol–water partition coefficient (Wildman–Crippen LogP) is 2.30. The highest BCUT2D eigenvalue weighted by atomic mass is 16.7. The summed E-state index contributed by atoms with van der Waals surface area (Å²) in [7, 11) is 0. The Morgan fingerprint density at radius 2 is 2.16 bits per heavy atom. The molecule has 1 saturated heterocycles. The fourth-order valence-corrected chi connectivity index (χ4v) is 2.61. The van der Waals surface area contributed by atoms with E-state index in [0.29, 0.717) is 31.6 Å². The molecule has 0 unspecified atom stereocenters. The van der Waals surface area contributed by atoms with Gasteiger partial charge in [-0.15, -0.1) is 0 Å². The second-order valence-corrected chi connectivity index (χ2v) is 4.69. The molecule has 6 heteroatoms. The summed E-state index contributed by atoms with van der Waals surface area (Å²) >= 11 is 0. The smallest absolute Gasteiger partial charge is 0.294 e. The fourth-order valence-electron chi connectivity index (χ4n) is 2.61. The molecule has 3 rings (SSSR count). The SMILES string of the molecule is O=[N+]([O-])c1cnccc1C1=CCC2(CC1)OCCO2. The minimum absolute atomic E-state index is 0.0537. The van der Waals surface area contributed by atoms with E-state index in [1.54, 1.807) is 12.3 Å². The molecule has 0 radical (unpaired) electrons. The maximum atomic E-state index is 11.0. The summed E-state index contributed by atoms with van der Waals surface area (Å²) < 4.78 is 11.3. The van der Waals surface area contributed by atoms with Crippen LogP contribution in [0.5, 0.6) is 0 Å². The second kappa shape index (κ2) is 4.71. The van der Waals surface area contributed by atoms with E-state index >= 15 is 0 Å². The molecule has 1 aliphatic carbocycles. The number of hydrogen-bond acceptors (Lipinski definition) is 5. The molecule has 19 heavy (non-hydrogen) atoms. The average molecular weight is 262 g/mol. The lowest BCUT2D eigenvalue weighted by atomic mass is 9.89. The topological polar surface area (TPSA) is 74.5 Å². The first-order valence-corrected chi connectivity index (χ1v) is 6.26. The Kier molecular flexibility index (Phi) is 3.04. The molecule has 0 saturated carbocycles. The van der Waals surface area contributed by atoms with Gasteiger partial charge in [0.2, 0.25) is 0 Å². The van der Waals surface area contributed by atoms with E-state index in [9.17, 15) is 10.1 Å². The predicted molar refractivity (Wildman–Crippen MR) is 67.4 cm³/mol. The Morgan fingerprint density at radius 1 is 1.37 bits per heavy atom. The molecule has 0 atom stereocenters. The number of rotatable bonds is 2. The highest BCUT2D eigenvalue weighted by Gasteiger charge is 2.38. The van der Waals surface area contributed by atoms with Crippen LogP contribution < -0.4 is 0 Å². The van der Waals surface area contributed by atoms with Crippen molar-refractivity contribution < 1.29 is 14.4 Å². The number of ether oxygens (including phenoxy) is 2. The van der Waals surface area contributed by atoms with E-state index in [0.717, 1.165) is 12.0 Å². The highest BCUT2D eigenvalue weighted by molar-refractivity contribution is 5.72. The van der Waals surface area contributed by atoms with Gasteiger partial charge in [-0.3, -0.25) is 15.1 Å². The van der Waals surface area contributed by atoms with Gasteiger partial charge in [0, 0.05) is 19.0 Å². The zero-order valence-corrected chi connectivity index (χ0v) is 10.4. The first-order valence-electron chi connectivity index (χ1n) is 6.26. The average Bonchev–Trinajstić information content (AvgIpc) is 2.88. The Bertz CT molecular complexity index is 535. The van der Waals surface area contributed by atoms with Crippen molar-refractivity contribution in [3.63, 3.8) is 0 Å². The Hall–Kier alpha value is -1.79.